The molecule has 0 heterocycles. The van der Waals surface area contributed by atoms with Crippen LogP contribution in [0.15, 0.2) is 30.3 Å². The van der Waals surface area contributed by atoms with Crippen molar-refractivity contribution in [1.29, 1.82) is 0 Å². The van der Waals surface area contributed by atoms with Crippen molar-refractivity contribution < 1.29 is 4.79 Å². The van der Waals surface area contributed by atoms with Crippen molar-refractivity contribution in [3.05, 3.63) is 35.9 Å². The van der Waals surface area contributed by atoms with Gasteiger partial charge in [-0.05, 0) is 45.2 Å². The molecule has 0 atom stereocenters. The van der Waals surface area contributed by atoms with E-state index < -0.39 is 0 Å². The fourth-order valence-electron chi connectivity index (χ4n) is 1.94. The summed E-state index contributed by atoms with van der Waals surface area (Å²) in [5.74, 6) is 0.131. The minimum Gasteiger partial charge on any atom is -0.354 e. The highest BCUT2D eigenvalue weighted by Crippen LogP contribution is 2.03. The molecule has 3 nitrogen and oxygen atoms in total. The molecule has 0 radical (unpaired) electrons. The quantitative estimate of drug-likeness (QED) is 0.671. The number of carbonyl (C=O) groups is 1. The van der Waals surface area contributed by atoms with Crippen molar-refractivity contribution in [3.63, 3.8) is 0 Å². The monoisotopic (exact) mass is 262 g/mol. The van der Waals surface area contributed by atoms with Gasteiger partial charge in [-0.3, -0.25) is 4.79 Å². The molecule has 1 aromatic rings. The minimum absolute atomic E-state index is 0.131. The van der Waals surface area contributed by atoms with E-state index in [0.717, 1.165) is 25.9 Å². The fourth-order valence-corrected chi connectivity index (χ4v) is 1.94. The van der Waals surface area contributed by atoms with Crippen molar-refractivity contribution in [2.75, 3.05) is 13.1 Å². The molecule has 1 aromatic carbocycles. The summed E-state index contributed by atoms with van der Waals surface area (Å²) in [4.78, 5) is 11.4. The molecule has 0 saturated carbocycles. The molecule has 0 aliphatic carbocycles. The van der Waals surface area contributed by atoms with Crippen LogP contribution in [0.2, 0.25) is 0 Å². The zero-order valence-corrected chi connectivity index (χ0v) is 12.1. The lowest BCUT2D eigenvalue weighted by Crippen LogP contribution is -2.32. The predicted octanol–water partition coefficient (Wildman–Crippen LogP) is 2.51. The normalized spacial score (nSPS) is 10.7. The van der Waals surface area contributed by atoms with Gasteiger partial charge in [-0.15, -0.1) is 0 Å². The molecule has 2 N–H and O–H groups in total. The Morgan fingerprint density at radius 3 is 2.53 bits per heavy atom. The fraction of sp³-hybridized carbons (Fsp3) is 0.562. The number of hydrogen-bond donors (Lipinski definition) is 2. The standard InChI is InChI=1S/C16H26N2O/c1-14(2)18-16(19)11-13-17-12-7-6-10-15-8-4-3-5-9-15/h3-5,8-9,14,17H,6-7,10-13H2,1-2H3,(H,18,19). The van der Waals surface area contributed by atoms with Gasteiger partial charge in [-0.2, -0.15) is 0 Å². The van der Waals surface area contributed by atoms with Crippen LogP contribution in [0.5, 0.6) is 0 Å². The lowest BCUT2D eigenvalue weighted by Gasteiger charge is -2.08. The molecule has 0 aliphatic rings. The predicted molar refractivity (Wildman–Crippen MR) is 80.1 cm³/mol. The van der Waals surface area contributed by atoms with E-state index in [2.05, 4.69) is 34.9 Å². The smallest absolute Gasteiger partial charge is 0.221 e. The maximum atomic E-state index is 11.4. The van der Waals surface area contributed by atoms with E-state index in [0.29, 0.717) is 6.42 Å². The second kappa shape index (κ2) is 9.56. The maximum Gasteiger partial charge on any atom is 0.221 e. The molecule has 0 fully saturated rings. The van der Waals surface area contributed by atoms with Crippen molar-refractivity contribution in [2.45, 2.75) is 45.6 Å². The van der Waals surface area contributed by atoms with E-state index in [1.165, 1.54) is 12.0 Å². The summed E-state index contributed by atoms with van der Waals surface area (Å²) in [6.07, 6.45) is 4.04. The van der Waals surface area contributed by atoms with Gasteiger partial charge >= 0.3 is 0 Å². The molecule has 106 valence electrons. The third kappa shape index (κ3) is 8.38. The molecule has 0 unspecified atom stereocenters. The summed E-state index contributed by atoms with van der Waals surface area (Å²) >= 11 is 0. The van der Waals surface area contributed by atoms with E-state index in [1.54, 1.807) is 0 Å². The van der Waals surface area contributed by atoms with Gasteiger partial charge in [0.25, 0.3) is 0 Å². The van der Waals surface area contributed by atoms with E-state index in [4.69, 9.17) is 0 Å². The molecular weight excluding hydrogens is 236 g/mol. The van der Waals surface area contributed by atoms with Crippen LogP contribution in [-0.2, 0) is 11.2 Å². The Morgan fingerprint density at radius 2 is 1.84 bits per heavy atom. The lowest BCUT2D eigenvalue weighted by atomic mass is 10.1. The van der Waals surface area contributed by atoms with Gasteiger partial charge in [0.1, 0.15) is 0 Å². The lowest BCUT2D eigenvalue weighted by molar-refractivity contribution is -0.121. The van der Waals surface area contributed by atoms with Gasteiger partial charge < -0.3 is 10.6 Å². The van der Waals surface area contributed by atoms with E-state index in [1.807, 2.05) is 19.9 Å². The minimum atomic E-state index is 0.131. The summed E-state index contributed by atoms with van der Waals surface area (Å²) in [5.41, 5.74) is 1.40. The third-order valence-corrected chi connectivity index (χ3v) is 2.89. The van der Waals surface area contributed by atoms with Crippen LogP contribution < -0.4 is 10.6 Å². The second-order valence-corrected chi connectivity index (χ2v) is 5.16. The first-order valence-electron chi connectivity index (χ1n) is 7.22. The Balaban J connectivity index is 1.93. The third-order valence-electron chi connectivity index (χ3n) is 2.89. The summed E-state index contributed by atoms with van der Waals surface area (Å²) < 4.78 is 0. The van der Waals surface area contributed by atoms with Crippen molar-refractivity contribution in [2.24, 2.45) is 0 Å². The zero-order chi connectivity index (χ0) is 13.9. The molecule has 3 heteroatoms. The van der Waals surface area contributed by atoms with Crippen molar-refractivity contribution >= 4 is 5.91 Å². The average molecular weight is 262 g/mol. The number of rotatable bonds is 9. The van der Waals surface area contributed by atoms with Gasteiger partial charge in [0, 0.05) is 19.0 Å². The zero-order valence-electron chi connectivity index (χ0n) is 12.1. The summed E-state index contributed by atoms with van der Waals surface area (Å²) in [5, 5.41) is 6.20. The highest BCUT2D eigenvalue weighted by molar-refractivity contribution is 5.76. The number of aryl methyl sites for hydroxylation is 1. The first-order valence-corrected chi connectivity index (χ1v) is 7.22. The Hall–Kier alpha value is -1.35. The summed E-state index contributed by atoms with van der Waals surface area (Å²) in [6, 6.07) is 10.8. The van der Waals surface area contributed by atoms with Gasteiger partial charge in [0.05, 0.1) is 0 Å². The molecule has 0 aromatic heterocycles. The summed E-state index contributed by atoms with van der Waals surface area (Å²) in [7, 11) is 0. The topological polar surface area (TPSA) is 41.1 Å². The highest BCUT2D eigenvalue weighted by Gasteiger charge is 2.01. The van der Waals surface area contributed by atoms with Crippen LogP contribution in [0.4, 0.5) is 0 Å². The van der Waals surface area contributed by atoms with Crippen LogP contribution in [0.1, 0.15) is 38.7 Å². The number of hydrogen-bond acceptors (Lipinski definition) is 2. The molecule has 0 spiro atoms. The maximum absolute atomic E-state index is 11.4. The van der Waals surface area contributed by atoms with Crippen LogP contribution in [0, 0.1) is 0 Å². The van der Waals surface area contributed by atoms with Crippen LogP contribution in [0.25, 0.3) is 0 Å². The number of amides is 1. The number of unbranched alkanes of at least 4 members (excludes halogenated alkanes) is 1. The first-order chi connectivity index (χ1) is 9.18. The van der Waals surface area contributed by atoms with E-state index in [-0.39, 0.29) is 11.9 Å². The Bertz CT molecular complexity index is 349. The number of carbonyl (C=O) groups excluding carboxylic acids is 1. The van der Waals surface area contributed by atoms with E-state index >= 15 is 0 Å². The molecule has 0 bridgehead atoms. The van der Waals surface area contributed by atoms with Crippen LogP contribution in [0.3, 0.4) is 0 Å². The van der Waals surface area contributed by atoms with Gasteiger partial charge in [0.2, 0.25) is 5.91 Å². The van der Waals surface area contributed by atoms with Gasteiger partial charge in [0.15, 0.2) is 0 Å². The number of nitrogens with one attached hydrogen (secondary N) is 2. The molecule has 19 heavy (non-hydrogen) atoms. The highest BCUT2D eigenvalue weighted by atomic mass is 16.1. The molecule has 1 amide bonds. The van der Waals surface area contributed by atoms with Crippen LogP contribution >= 0.6 is 0 Å². The Morgan fingerprint density at radius 1 is 1.11 bits per heavy atom. The van der Waals surface area contributed by atoms with E-state index in [9.17, 15) is 4.79 Å². The average Bonchev–Trinajstić information content (AvgIpc) is 2.38. The van der Waals surface area contributed by atoms with Crippen molar-refractivity contribution in [3.8, 4) is 0 Å². The van der Waals surface area contributed by atoms with Crippen LogP contribution in [-0.4, -0.2) is 25.0 Å². The SMILES string of the molecule is CC(C)NC(=O)CCNCCCCc1ccccc1. The summed E-state index contributed by atoms with van der Waals surface area (Å²) in [6.45, 7) is 5.72. The molecule has 0 saturated heterocycles. The van der Waals surface area contributed by atoms with Gasteiger partial charge in [-0.1, -0.05) is 30.3 Å². The largest absolute Gasteiger partial charge is 0.354 e. The van der Waals surface area contributed by atoms with Gasteiger partial charge in [-0.25, -0.2) is 0 Å². The second-order valence-electron chi connectivity index (χ2n) is 5.16. The Kier molecular flexibility index (Phi) is 7.91. The molecule has 1 rings (SSSR count). The first kappa shape index (κ1) is 15.7. The number of benzene rings is 1. The molecule has 0 aliphatic heterocycles. The Labute approximate surface area is 116 Å². The molecular formula is C16H26N2O. The van der Waals surface area contributed by atoms with Crippen molar-refractivity contribution in [1.82, 2.24) is 10.6 Å².